The van der Waals surface area contributed by atoms with Gasteiger partial charge < -0.3 is 0 Å². The number of rotatable bonds is 4. The van der Waals surface area contributed by atoms with Crippen LogP contribution in [0, 0.1) is 24.1 Å². The van der Waals surface area contributed by atoms with Crippen LogP contribution in [0.25, 0.3) is 0 Å². The third kappa shape index (κ3) is 3.36. The Labute approximate surface area is 122 Å². The minimum absolute atomic E-state index is 0.198. The number of hydrogen-bond acceptors (Lipinski definition) is 2. The Hall–Kier alpha value is -1.89. The third-order valence-corrected chi connectivity index (χ3v) is 3.38. The highest BCUT2D eigenvalue weighted by atomic mass is 35.5. The van der Waals surface area contributed by atoms with E-state index < -0.39 is 11.9 Å². The second-order valence-electron chi connectivity index (χ2n) is 4.56. The molecule has 0 fully saturated rings. The molecule has 0 saturated carbocycles. The van der Waals surface area contributed by atoms with Crippen molar-refractivity contribution in [3.05, 3.63) is 70.0 Å². The summed E-state index contributed by atoms with van der Waals surface area (Å²) in [7, 11) is 0. The van der Waals surface area contributed by atoms with Gasteiger partial charge in [0.05, 0.1) is 6.07 Å². The van der Waals surface area contributed by atoms with E-state index in [0.29, 0.717) is 6.54 Å². The second-order valence-corrected chi connectivity index (χ2v) is 4.97. The van der Waals surface area contributed by atoms with Gasteiger partial charge >= 0.3 is 0 Å². The van der Waals surface area contributed by atoms with Crippen molar-refractivity contribution in [1.29, 1.82) is 5.26 Å². The normalized spacial score (nSPS) is 11.9. The van der Waals surface area contributed by atoms with Crippen LogP contribution in [0.15, 0.2) is 42.5 Å². The fourth-order valence-corrected chi connectivity index (χ4v) is 2.20. The van der Waals surface area contributed by atoms with Gasteiger partial charge in [0.15, 0.2) is 0 Å². The average Bonchev–Trinajstić information content (AvgIpc) is 2.44. The van der Waals surface area contributed by atoms with E-state index in [0.717, 1.165) is 5.56 Å². The average molecular weight is 289 g/mol. The topological polar surface area (TPSA) is 35.8 Å². The summed E-state index contributed by atoms with van der Waals surface area (Å²) in [5, 5.41) is 12.5. The summed E-state index contributed by atoms with van der Waals surface area (Å²) in [4.78, 5) is 0. The van der Waals surface area contributed by atoms with Gasteiger partial charge in [-0.2, -0.15) is 5.26 Å². The monoisotopic (exact) mass is 288 g/mol. The number of aryl methyl sites for hydroxylation is 1. The highest BCUT2D eigenvalue weighted by molar-refractivity contribution is 6.31. The van der Waals surface area contributed by atoms with Crippen LogP contribution in [0.4, 0.5) is 4.39 Å². The van der Waals surface area contributed by atoms with Crippen LogP contribution in [-0.4, -0.2) is 0 Å². The Kier molecular flexibility index (Phi) is 4.73. The van der Waals surface area contributed by atoms with Gasteiger partial charge in [-0.3, -0.25) is 5.32 Å². The van der Waals surface area contributed by atoms with E-state index in [-0.39, 0.29) is 10.6 Å². The van der Waals surface area contributed by atoms with Gasteiger partial charge in [0.1, 0.15) is 11.9 Å². The molecule has 0 saturated heterocycles. The molecule has 0 amide bonds. The van der Waals surface area contributed by atoms with Gasteiger partial charge in [-0.05, 0) is 24.6 Å². The lowest BCUT2D eigenvalue weighted by molar-refractivity contribution is 0.562. The first-order valence-corrected chi connectivity index (χ1v) is 6.62. The van der Waals surface area contributed by atoms with Gasteiger partial charge in [-0.1, -0.05) is 47.5 Å². The van der Waals surface area contributed by atoms with Gasteiger partial charge in [0.2, 0.25) is 0 Å². The standard InChI is InChI=1S/C16H14ClFN2/c1-11-5-7-12(8-6-11)10-20-15(9-19)16-13(17)3-2-4-14(16)18/h2-8,15,20H,10H2,1H3. The number of halogens is 2. The molecule has 1 N–H and O–H groups in total. The summed E-state index contributed by atoms with van der Waals surface area (Å²) < 4.78 is 13.8. The fourth-order valence-electron chi connectivity index (χ4n) is 1.92. The molecule has 0 spiro atoms. The first kappa shape index (κ1) is 14.5. The molecule has 2 aromatic carbocycles. The Morgan fingerprint density at radius 3 is 2.55 bits per heavy atom. The lowest BCUT2D eigenvalue weighted by atomic mass is 10.1. The predicted molar refractivity (Wildman–Crippen MR) is 77.8 cm³/mol. The molecule has 1 unspecified atom stereocenters. The zero-order valence-corrected chi connectivity index (χ0v) is 11.8. The highest BCUT2D eigenvalue weighted by Crippen LogP contribution is 2.25. The number of benzene rings is 2. The van der Waals surface area contributed by atoms with E-state index in [9.17, 15) is 9.65 Å². The first-order chi connectivity index (χ1) is 9.61. The molecule has 2 nitrogen and oxygen atoms in total. The molecular formula is C16H14ClFN2. The van der Waals surface area contributed by atoms with Crippen molar-refractivity contribution in [3.8, 4) is 6.07 Å². The molecule has 1 atom stereocenters. The molecule has 2 rings (SSSR count). The van der Waals surface area contributed by atoms with Crippen LogP contribution in [0.2, 0.25) is 5.02 Å². The highest BCUT2D eigenvalue weighted by Gasteiger charge is 2.18. The first-order valence-electron chi connectivity index (χ1n) is 6.24. The van der Waals surface area contributed by atoms with Crippen molar-refractivity contribution in [2.45, 2.75) is 19.5 Å². The Balaban J connectivity index is 2.14. The molecule has 0 bridgehead atoms. The van der Waals surface area contributed by atoms with E-state index in [1.54, 1.807) is 6.07 Å². The summed E-state index contributed by atoms with van der Waals surface area (Å²) in [6.45, 7) is 2.48. The number of nitrogens with one attached hydrogen (secondary N) is 1. The summed E-state index contributed by atoms with van der Waals surface area (Å²) in [6.07, 6.45) is 0. The summed E-state index contributed by atoms with van der Waals surface area (Å²) >= 11 is 5.97. The maximum atomic E-state index is 13.8. The summed E-state index contributed by atoms with van der Waals surface area (Å²) in [5.74, 6) is -0.472. The fraction of sp³-hybridized carbons (Fsp3) is 0.188. The number of nitrogens with zero attached hydrogens (tertiary/aromatic N) is 1. The van der Waals surface area contributed by atoms with Gasteiger partial charge in [0, 0.05) is 17.1 Å². The van der Waals surface area contributed by atoms with Crippen LogP contribution in [0.5, 0.6) is 0 Å². The molecular weight excluding hydrogens is 275 g/mol. The molecule has 0 aliphatic rings. The SMILES string of the molecule is Cc1ccc(CNC(C#N)c2c(F)cccc2Cl)cc1. The third-order valence-electron chi connectivity index (χ3n) is 3.05. The number of hydrogen-bond donors (Lipinski definition) is 1. The molecule has 0 aliphatic carbocycles. The second kappa shape index (κ2) is 6.51. The maximum absolute atomic E-state index is 13.8. The summed E-state index contributed by atoms with van der Waals surface area (Å²) in [6, 6.07) is 13.6. The van der Waals surface area contributed by atoms with Crippen molar-refractivity contribution >= 4 is 11.6 Å². The van der Waals surface area contributed by atoms with Crippen LogP contribution < -0.4 is 5.32 Å². The van der Waals surface area contributed by atoms with Gasteiger partial charge in [-0.15, -0.1) is 0 Å². The quantitative estimate of drug-likeness (QED) is 0.918. The molecule has 0 heterocycles. The van der Waals surface area contributed by atoms with E-state index in [4.69, 9.17) is 11.6 Å². The molecule has 0 aromatic heterocycles. The zero-order valence-electron chi connectivity index (χ0n) is 11.0. The molecule has 2 aromatic rings. The minimum Gasteiger partial charge on any atom is -0.294 e. The van der Waals surface area contributed by atoms with E-state index >= 15 is 0 Å². The van der Waals surface area contributed by atoms with Crippen LogP contribution >= 0.6 is 11.6 Å². The van der Waals surface area contributed by atoms with Crippen LogP contribution in [-0.2, 0) is 6.54 Å². The smallest absolute Gasteiger partial charge is 0.130 e. The van der Waals surface area contributed by atoms with Crippen LogP contribution in [0.1, 0.15) is 22.7 Å². The van der Waals surface area contributed by atoms with Crippen molar-refractivity contribution in [1.82, 2.24) is 5.32 Å². The molecule has 0 aliphatic heterocycles. The zero-order chi connectivity index (χ0) is 14.5. The van der Waals surface area contributed by atoms with E-state index in [1.165, 1.54) is 17.7 Å². The van der Waals surface area contributed by atoms with Crippen molar-refractivity contribution in [2.75, 3.05) is 0 Å². The molecule has 20 heavy (non-hydrogen) atoms. The predicted octanol–water partition coefficient (Wildman–Crippen LogP) is 4.14. The lowest BCUT2D eigenvalue weighted by Crippen LogP contribution is -2.20. The maximum Gasteiger partial charge on any atom is 0.130 e. The largest absolute Gasteiger partial charge is 0.294 e. The van der Waals surface area contributed by atoms with Gasteiger partial charge in [0.25, 0.3) is 0 Å². The lowest BCUT2D eigenvalue weighted by Gasteiger charge is -2.14. The molecule has 4 heteroatoms. The summed E-state index contributed by atoms with van der Waals surface area (Å²) in [5.41, 5.74) is 2.40. The molecule has 0 radical (unpaired) electrons. The van der Waals surface area contributed by atoms with Crippen molar-refractivity contribution < 1.29 is 4.39 Å². The van der Waals surface area contributed by atoms with Crippen molar-refractivity contribution in [3.63, 3.8) is 0 Å². The van der Waals surface area contributed by atoms with Crippen molar-refractivity contribution in [2.24, 2.45) is 0 Å². The Morgan fingerprint density at radius 2 is 1.95 bits per heavy atom. The molecule has 102 valence electrons. The number of nitriles is 1. The van der Waals surface area contributed by atoms with E-state index in [1.807, 2.05) is 37.3 Å². The van der Waals surface area contributed by atoms with Crippen LogP contribution in [0.3, 0.4) is 0 Å². The van der Waals surface area contributed by atoms with Gasteiger partial charge in [-0.25, -0.2) is 4.39 Å². The minimum atomic E-state index is -0.773. The Bertz CT molecular complexity index is 612. The van der Waals surface area contributed by atoms with E-state index in [2.05, 4.69) is 5.32 Å². The Morgan fingerprint density at radius 1 is 1.25 bits per heavy atom.